The van der Waals surface area contributed by atoms with Crippen molar-refractivity contribution in [1.82, 2.24) is 5.32 Å². The van der Waals surface area contributed by atoms with Gasteiger partial charge in [0.05, 0.1) is 11.6 Å². The van der Waals surface area contributed by atoms with E-state index in [-0.39, 0.29) is 18.2 Å². The highest BCUT2D eigenvalue weighted by atomic mass is 16.6. The van der Waals surface area contributed by atoms with Crippen LogP contribution >= 0.6 is 0 Å². The molecule has 0 saturated carbocycles. The molecule has 1 unspecified atom stereocenters. The van der Waals surface area contributed by atoms with Crippen LogP contribution in [0.3, 0.4) is 0 Å². The average molecular weight is 309 g/mol. The molecule has 0 radical (unpaired) electrons. The van der Waals surface area contributed by atoms with E-state index in [4.69, 9.17) is 14.6 Å². The van der Waals surface area contributed by atoms with Crippen LogP contribution in [-0.2, 0) is 4.74 Å². The molecule has 6 nitrogen and oxygen atoms in total. The summed E-state index contributed by atoms with van der Waals surface area (Å²) in [5.41, 5.74) is 0.308. The summed E-state index contributed by atoms with van der Waals surface area (Å²) in [6.45, 7) is 9.06. The molecule has 0 heterocycles. The SMILES string of the molecule is Cc1ccc(OCC(C)NC(=O)OC(C)(C)C)cc1C(=O)O. The van der Waals surface area contributed by atoms with E-state index in [0.717, 1.165) is 0 Å². The highest BCUT2D eigenvalue weighted by Gasteiger charge is 2.18. The van der Waals surface area contributed by atoms with Crippen LogP contribution in [-0.4, -0.2) is 35.4 Å². The third-order valence-corrected chi connectivity index (χ3v) is 2.70. The number of carbonyl (C=O) groups excluding carboxylic acids is 1. The van der Waals surface area contributed by atoms with Crippen molar-refractivity contribution in [3.05, 3.63) is 29.3 Å². The van der Waals surface area contributed by atoms with Crippen LogP contribution in [0.15, 0.2) is 18.2 Å². The minimum absolute atomic E-state index is 0.199. The van der Waals surface area contributed by atoms with Crippen molar-refractivity contribution in [3.63, 3.8) is 0 Å². The number of aryl methyl sites for hydroxylation is 1. The van der Waals surface area contributed by atoms with Gasteiger partial charge in [0.15, 0.2) is 0 Å². The van der Waals surface area contributed by atoms with E-state index in [9.17, 15) is 9.59 Å². The van der Waals surface area contributed by atoms with Gasteiger partial charge in [0.1, 0.15) is 18.0 Å². The van der Waals surface area contributed by atoms with E-state index in [1.807, 2.05) is 0 Å². The van der Waals surface area contributed by atoms with Crippen molar-refractivity contribution in [1.29, 1.82) is 0 Å². The monoisotopic (exact) mass is 309 g/mol. The molecular formula is C16H23NO5. The Morgan fingerprint density at radius 3 is 2.50 bits per heavy atom. The fourth-order valence-electron chi connectivity index (χ4n) is 1.69. The predicted molar refractivity (Wildman–Crippen MR) is 82.5 cm³/mol. The van der Waals surface area contributed by atoms with Gasteiger partial charge in [-0.1, -0.05) is 6.07 Å². The van der Waals surface area contributed by atoms with Crippen molar-refractivity contribution < 1.29 is 24.2 Å². The molecule has 122 valence electrons. The molecule has 22 heavy (non-hydrogen) atoms. The van der Waals surface area contributed by atoms with Crippen molar-refractivity contribution >= 4 is 12.1 Å². The first-order chi connectivity index (χ1) is 10.1. The number of carbonyl (C=O) groups is 2. The molecule has 0 saturated heterocycles. The summed E-state index contributed by atoms with van der Waals surface area (Å²) < 4.78 is 10.7. The van der Waals surface area contributed by atoms with Gasteiger partial charge >= 0.3 is 12.1 Å². The lowest BCUT2D eigenvalue weighted by atomic mass is 10.1. The van der Waals surface area contributed by atoms with Crippen LogP contribution in [0.25, 0.3) is 0 Å². The zero-order chi connectivity index (χ0) is 16.9. The number of ether oxygens (including phenoxy) is 2. The second-order valence-corrected chi connectivity index (χ2v) is 6.14. The zero-order valence-electron chi connectivity index (χ0n) is 13.6. The summed E-state index contributed by atoms with van der Waals surface area (Å²) >= 11 is 0. The number of carboxylic acids is 1. The van der Waals surface area contributed by atoms with E-state index in [2.05, 4.69) is 5.32 Å². The second kappa shape index (κ2) is 7.15. The van der Waals surface area contributed by atoms with Gasteiger partial charge in [0.2, 0.25) is 0 Å². The number of rotatable bonds is 5. The van der Waals surface area contributed by atoms with Crippen LogP contribution in [0.2, 0.25) is 0 Å². The molecule has 0 fully saturated rings. The fourth-order valence-corrected chi connectivity index (χ4v) is 1.69. The Hall–Kier alpha value is -2.24. The van der Waals surface area contributed by atoms with Crippen molar-refractivity contribution in [3.8, 4) is 5.75 Å². The maximum Gasteiger partial charge on any atom is 0.407 e. The largest absolute Gasteiger partial charge is 0.491 e. The molecule has 1 amide bonds. The molecule has 0 aliphatic heterocycles. The van der Waals surface area contributed by atoms with Crippen molar-refractivity contribution in [2.75, 3.05) is 6.61 Å². The fraction of sp³-hybridized carbons (Fsp3) is 0.500. The van der Waals surface area contributed by atoms with Gasteiger partial charge in [0, 0.05) is 0 Å². The van der Waals surface area contributed by atoms with E-state index in [1.54, 1.807) is 46.8 Å². The molecule has 0 spiro atoms. The molecule has 0 aliphatic rings. The zero-order valence-corrected chi connectivity index (χ0v) is 13.6. The summed E-state index contributed by atoms with van der Waals surface area (Å²) in [5.74, 6) is -0.552. The van der Waals surface area contributed by atoms with Crippen molar-refractivity contribution in [2.45, 2.75) is 46.3 Å². The molecule has 0 aromatic heterocycles. The molecule has 1 rings (SSSR count). The van der Waals surface area contributed by atoms with Gasteiger partial charge < -0.3 is 19.9 Å². The maximum absolute atomic E-state index is 11.6. The number of hydrogen-bond acceptors (Lipinski definition) is 4. The van der Waals surface area contributed by atoms with Gasteiger partial charge in [-0.05, 0) is 52.3 Å². The first-order valence-corrected chi connectivity index (χ1v) is 7.05. The number of aromatic carboxylic acids is 1. The lowest BCUT2D eigenvalue weighted by Crippen LogP contribution is -2.40. The number of hydrogen-bond donors (Lipinski definition) is 2. The Balaban J connectivity index is 2.54. The van der Waals surface area contributed by atoms with Gasteiger partial charge in [-0.2, -0.15) is 0 Å². The first-order valence-electron chi connectivity index (χ1n) is 7.05. The standard InChI is InChI=1S/C16H23NO5/c1-10-6-7-12(8-13(10)14(18)19)21-9-11(2)17-15(20)22-16(3,4)5/h6-8,11H,9H2,1-5H3,(H,17,20)(H,18,19). The first kappa shape index (κ1) is 17.8. The quantitative estimate of drug-likeness (QED) is 0.873. The van der Waals surface area contributed by atoms with Gasteiger partial charge in [0.25, 0.3) is 0 Å². The van der Waals surface area contributed by atoms with Gasteiger partial charge in [-0.25, -0.2) is 9.59 Å². The number of nitrogens with one attached hydrogen (secondary N) is 1. The minimum Gasteiger partial charge on any atom is -0.491 e. The highest BCUT2D eigenvalue weighted by Crippen LogP contribution is 2.17. The van der Waals surface area contributed by atoms with Crippen LogP contribution in [0.4, 0.5) is 4.79 Å². The summed E-state index contributed by atoms with van der Waals surface area (Å²) in [4.78, 5) is 22.7. The Kier molecular flexibility index (Phi) is 5.79. The lowest BCUT2D eigenvalue weighted by molar-refractivity contribution is 0.0493. The van der Waals surface area contributed by atoms with Crippen LogP contribution in [0.5, 0.6) is 5.75 Å². The van der Waals surface area contributed by atoms with Crippen LogP contribution < -0.4 is 10.1 Å². The number of carboxylic acid groups (broad SMARTS) is 1. The summed E-state index contributed by atoms with van der Waals surface area (Å²) in [7, 11) is 0. The van der Waals surface area contributed by atoms with Crippen LogP contribution in [0.1, 0.15) is 43.6 Å². The van der Waals surface area contributed by atoms with Crippen LogP contribution in [0, 0.1) is 6.92 Å². The molecular weight excluding hydrogens is 286 g/mol. The predicted octanol–water partition coefficient (Wildman–Crippen LogP) is 2.99. The molecule has 1 atom stereocenters. The number of benzene rings is 1. The van der Waals surface area contributed by atoms with Gasteiger partial charge in [-0.3, -0.25) is 0 Å². The smallest absolute Gasteiger partial charge is 0.407 e. The molecule has 0 bridgehead atoms. The summed E-state index contributed by atoms with van der Waals surface area (Å²) in [6, 6.07) is 4.58. The maximum atomic E-state index is 11.6. The molecule has 1 aromatic carbocycles. The Morgan fingerprint density at radius 1 is 1.32 bits per heavy atom. The summed E-state index contributed by atoms with van der Waals surface area (Å²) in [5, 5.41) is 11.7. The number of amides is 1. The second-order valence-electron chi connectivity index (χ2n) is 6.14. The van der Waals surface area contributed by atoms with Gasteiger partial charge in [-0.15, -0.1) is 0 Å². The number of alkyl carbamates (subject to hydrolysis) is 1. The summed E-state index contributed by atoms with van der Waals surface area (Å²) in [6.07, 6.45) is -0.515. The van der Waals surface area contributed by atoms with E-state index in [0.29, 0.717) is 11.3 Å². The molecule has 6 heteroatoms. The van der Waals surface area contributed by atoms with E-state index in [1.165, 1.54) is 6.07 Å². The molecule has 0 aliphatic carbocycles. The average Bonchev–Trinajstić information content (AvgIpc) is 2.34. The molecule has 2 N–H and O–H groups in total. The van der Waals surface area contributed by atoms with Crippen molar-refractivity contribution in [2.24, 2.45) is 0 Å². The lowest BCUT2D eigenvalue weighted by Gasteiger charge is -2.22. The minimum atomic E-state index is -0.997. The molecule has 1 aromatic rings. The Morgan fingerprint density at radius 2 is 1.95 bits per heavy atom. The topological polar surface area (TPSA) is 84.9 Å². The third-order valence-electron chi connectivity index (χ3n) is 2.70. The Bertz CT molecular complexity index is 548. The Labute approximate surface area is 130 Å². The third kappa shape index (κ3) is 6.03. The normalized spacial score (nSPS) is 12.4. The van der Waals surface area contributed by atoms with E-state index >= 15 is 0 Å². The highest BCUT2D eigenvalue weighted by molar-refractivity contribution is 5.89. The van der Waals surface area contributed by atoms with E-state index < -0.39 is 17.7 Å².